The van der Waals surface area contributed by atoms with E-state index in [4.69, 9.17) is 0 Å². The summed E-state index contributed by atoms with van der Waals surface area (Å²) in [6.07, 6.45) is 0.0168. The lowest BCUT2D eigenvalue weighted by Crippen LogP contribution is -2.28. The maximum atomic E-state index is 13.2. The molecule has 2 aromatic rings. The van der Waals surface area contributed by atoms with Gasteiger partial charge < -0.3 is 10.1 Å². The molecule has 1 amide bonds. The van der Waals surface area contributed by atoms with E-state index in [1.54, 1.807) is 6.92 Å². The smallest absolute Gasteiger partial charge is 0.387 e. The third kappa shape index (κ3) is 4.97. The van der Waals surface area contributed by atoms with Crippen LogP contribution in [0, 0.1) is 11.6 Å². The molecule has 0 spiro atoms. The summed E-state index contributed by atoms with van der Waals surface area (Å²) in [7, 11) is 0. The van der Waals surface area contributed by atoms with Crippen molar-refractivity contribution in [3.05, 3.63) is 65.2 Å². The molecule has 0 radical (unpaired) electrons. The number of hydrogen-bond donors (Lipinski definition) is 1. The minimum Gasteiger partial charge on any atom is -0.435 e. The molecule has 0 heterocycles. The van der Waals surface area contributed by atoms with Crippen LogP contribution in [-0.4, -0.2) is 12.5 Å². The van der Waals surface area contributed by atoms with E-state index in [1.807, 2.05) is 0 Å². The van der Waals surface area contributed by atoms with Crippen molar-refractivity contribution in [2.45, 2.75) is 26.0 Å². The van der Waals surface area contributed by atoms with Crippen LogP contribution in [0.25, 0.3) is 0 Å². The molecule has 128 valence electrons. The molecule has 1 N–H and O–H groups in total. The van der Waals surface area contributed by atoms with Crippen LogP contribution in [-0.2, 0) is 11.2 Å². The Hall–Kier alpha value is -2.57. The summed E-state index contributed by atoms with van der Waals surface area (Å²) < 4.78 is 54.4. The van der Waals surface area contributed by atoms with Crippen molar-refractivity contribution in [2.24, 2.45) is 0 Å². The largest absolute Gasteiger partial charge is 0.435 e. The molecule has 0 aliphatic carbocycles. The number of rotatable bonds is 6. The Labute approximate surface area is 136 Å². The van der Waals surface area contributed by atoms with Gasteiger partial charge in [0, 0.05) is 0 Å². The summed E-state index contributed by atoms with van der Waals surface area (Å²) >= 11 is 0. The summed E-state index contributed by atoms with van der Waals surface area (Å²) in [6.45, 7) is -1.26. The molecule has 3 nitrogen and oxygen atoms in total. The molecule has 2 rings (SSSR count). The van der Waals surface area contributed by atoms with E-state index in [1.165, 1.54) is 30.3 Å². The first-order chi connectivity index (χ1) is 11.3. The fourth-order valence-corrected chi connectivity index (χ4v) is 2.13. The van der Waals surface area contributed by atoms with Crippen molar-refractivity contribution < 1.29 is 27.1 Å². The molecular weight excluding hydrogens is 326 g/mol. The standard InChI is InChI=1S/C17H15F4NO2/c1-10(12-4-7-14(18)15(19)9-12)22-16(23)8-11-2-5-13(6-3-11)24-17(20)21/h2-7,9-10,17H,8H2,1H3,(H,22,23). The van der Waals surface area contributed by atoms with Gasteiger partial charge in [-0.1, -0.05) is 18.2 Å². The van der Waals surface area contributed by atoms with Gasteiger partial charge in [-0.25, -0.2) is 8.78 Å². The maximum absolute atomic E-state index is 13.2. The first-order valence-electron chi connectivity index (χ1n) is 7.13. The number of carbonyl (C=O) groups excluding carboxylic acids is 1. The van der Waals surface area contributed by atoms with E-state index < -0.39 is 24.3 Å². The molecule has 0 aliphatic rings. The molecule has 24 heavy (non-hydrogen) atoms. The summed E-state index contributed by atoms with van der Waals surface area (Å²) in [6, 6.07) is 8.58. The van der Waals surface area contributed by atoms with Gasteiger partial charge in [-0.05, 0) is 42.3 Å². The van der Waals surface area contributed by atoms with Crippen LogP contribution in [0.15, 0.2) is 42.5 Å². The Morgan fingerprint density at radius 2 is 1.75 bits per heavy atom. The highest BCUT2D eigenvalue weighted by atomic mass is 19.3. The minimum absolute atomic E-state index is 0.00399. The van der Waals surface area contributed by atoms with Crippen LogP contribution in [0.5, 0.6) is 5.75 Å². The zero-order valence-corrected chi connectivity index (χ0v) is 12.7. The summed E-state index contributed by atoms with van der Waals surface area (Å²) in [5, 5.41) is 2.66. The minimum atomic E-state index is -2.91. The maximum Gasteiger partial charge on any atom is 0.387 e. The van der Waals surface area contributed by atoms with Crippen molar-refractivity contribution >= 4 is 5.91 Å². The predicted octanol–water partition coefficient (Wildman–Crippen LogP) is 3.99. The van der Waals surface area contributed by atoms with Crippen molar-refractivity contribution in [1.29, 1.82) is 0 Å². The highest BCUT2D eigenvalue weighted by molar-refractivity contribution is 5.79. The number of nitrogens with one attached hydrogen (secondary N) is 1. The van der Waals surface area contributed by atoms with Gasteiger partial charge in [-0.15, -0.1) is 0 Å². The first kappa shape index (κ1) is 17.8. The van der Waals surface area contributed by atoms with Gasteiger partial charge >= 0.3 is 6.61 Å². The SMILES string of the molecule is CC(NC(=O)Cc1ccc(OC(F)F)cc1)c1ccc(F)c(F)c1. The quantitative estimate of drug-likeness (QED) is 0.807. The molecular formula is C17H15F4NO2. The first-order valence-corrected chi connectivity index (χ1v) is 7.13. The van der Waals surface area contributed by atoms with Crippen molar-refractivity contribution in [1.82, 2.24) is 5.32 Å². The zero-order valence-electron chi connectivity index (χ0n) is 12.7. The molecule has 0 saturated carbocycles. The molecule has 1 unspecified atom stereocenters. The molecule has 0 saturated heterocycles. The van der Waals surface area contributed by atoms with E-state index in [0.717, 1.165) is 12.1 Å². The van der Waals surface area contributed by atoms with Crippen LogP contribution >= 0.6 is 0 Å². The second kappa shape index (κ2) is 7.81. The topological polar surface area (TPSA) is 38.3 Å². The van der Waals surface area contributed by atoms with Crippen LogP contribution in [0.2, 0.25) is 0 Å². The fraction of sp³-hybridized carbons (Fsp3) is 0.235. The number of amides is 1. The number of carbonyl (C=O) groups is 1. The van der Waals surface area contributed by atoms with E-state index in [-0.39, 0.29) is 18.1 Å². The van der Waals surface area contributed by atoms with Gasteiger partial charge in [0.05, 0.1) is 12.5 Å². The highest BCUT2D eigenvalue weighted by Crippen LogP contribution is 2.17. The Morgan fingerprint density at radius 1 is 1.08 bits per heavy atom. The monoisotopic (exact) mass is 341 g/mol. The normalized spacial score (nSPS) is 12.1. The van der Waals surface area contributed by atoms with Gasteiger partial charge in [0.15, 0.2) is 11.6 Å². The van der Waals surface area contributed by atoms with Crippen molar-refractivity contribution in [3.63, 3.8) is 0 Å². The van der Waals surface area contributed by atoms with Gasteiger partial charge in [0.1, 0.15) is 5.75 Å². The lowest BCUT2D eigenvalue weighted by atomic mass is 10.1. The fourth-order valence-electron chi connectivity index (χ4n) is 2.13. The van der Waals surface area contributed by atoms with Gasteiger partial charge in [-0.2, -0.15) is 8.78 Å². The Kier molecular flexibility index (Phi) is 5.78. The highest BCUT2D eigenvalue weighted by Gasteiger charge is 2.13. The molecule has 2 aromatic carbocycles. The van der Waals surface area contributed by atoms with E-state index in [2.05, 4.69) is 10.1 Å². The van der Waals surface area contributed by atoms with Crippen LogP contribution in [0.1, 0.15) is 24.1 Å². The lowest BCUT2D eigenvalue weighted by Gasteiger charge is -2.15. The summed E-state index contributed by atoms with van der Waals surface area (Å²) in [5.41, 5.74) is 1.04. The summed E-state index contributed by atoms with van der Waals surface area (Å²) in [5.74, 6) is -2.27. The summed E-state index contributed by atoms with van der Waals surface area (Å²) in [4.78, 5) is 12.0. The van der Waals surface area contributed by atoms with Crippen LogP contribution in [0.4, 0.5) is 17.6 Å². The second-order valence-corrected chi connectivity index (χ2v) is 5.16. The molecule has 0 fully saturated rings. The second-order valence-electron chi connectivity index (χ2n) is 5.16. The molecule has 0 bridgehead atoms. The average Bonchev–Trinajstić information content (AvgIpc) is 2.51. The number of alkyl halides is 2. The zero-order chi connectivity index (χ0) is 17.7. The van der Waals surface area contributed by atoms with E-state index in [0.29, 0.717) is 11.1 Å². The Bertz CT molecular complexity index is 704. The van der Waals surface area contributed by atoms with Crippen LogP contribution in [0.3, 0.4) is 0 Å². The van der Waals surface area contributed by atoms with Gasteiger partial charge in [-0.3, -0.25) is 4.79 Å². The van der Waals surface area contributed by atoms with Gasteiger partial charge in [0.25, 0.3) is 0 Å². The number of benzene rings is 2. The van der Waals surface area contributed by atoms with Crippen molar-refractivity contribution in [3.8, 4) is 5.75 Å². The third-order valence-corrected chi connectivity index (χ3v) is 3.33. The Balaban J connectivity index is 1.93. The van der Waals surface area contributed by atoms with Crippen LogP contribution < -0.4 is 10.1 Å². The predicted molar refractivity (Wildman–Crippen MR) is 79.7 cm³/mol. The number of ether oxygens (including phenoxy) is 1. The van der Waals surface area contributed by atoms with Crippen molar-refractivity contribution in [2.75, 3.05) is 0 Å². The van der Waals surface area contributed by atoms with Gasteiger partial charge in [0.2, 0.25) is 5.91 Å². The lowest BCUT2D eigenvalue weighted by molar-refractivity contribution is -0.121. The molecule has 7 heteroatoms. The molecule has 0 aromatic heterocycles. The van der Waals surface area contributed by atoms with E-state index in [9.17, 15) is 22.4 Å². The Morgan fingerprint density at radius 3 is 2.33 bits per heavy atom. The van der Waals surface area contributed by atoms with E-state index >= 15 is 0 Å². The third-order valence-electron chi connectivity index (χ3n) is 3.33. The average molecular weight is 341 g/mol. The number of hydrogen-bond acceptors (Lipinski definition) is 2. The molecule has 0 aliphatic heterocycles. The molecule has 1 atom stereocenters. The number of halogens is 4.